The van der Waals surface area contributed by atoms with Gasteiger partial charge in [0.2, 0.25) is 0 Å². The number of carbonyl (C=O) groups excluding carboxylic acids is 1. The van der Waals surface area contributed by atoms with Crippen LogP contribution in [0.4, 0.5) is 5.69 Å². The minimum atomic E-state index is -0.268. The minimum Gasteiger partial charge on any atom is -0.396 e. The number of aromatic nitrogens is 2. The molecule has 1 amide bonds. The van der Waals surface area contributed by atoms with Crippen molar-refractivity contribution in [1.82, 2.24) is 15.5 Å². The molecular formula is C12H20N4O2. The van der Waals surface area contributed by atoms with Gasteiger partial charge < -0.3 is 16.2 Å². The molecule has 6 nitrogen and oxygen atoms in total. The summed E-state index contributed by atoms with van der Waals surface area (Å²) in [6, 6.07) is -0.0389. The highest BCUT2D eigenvalue weighted by Gasteiger charge is 2.30. The maximum Gasteiger partial charge on any atom is 0.274 e. The van der Waals surface area contributed by atoms with E-state index in [1.165, 1.54) is 0 Å². The smallest absolute Gasteiger partial charge is 0.274 e. The highest BCUT2D eigenvalue weighted by atomic mass is 16.3. The highest BCUT2D eigenvalue weighted by Crippen LogP contribution is 2.42. The first-order valence-electron chi connectivity index (χ1n) is 6.42. The first-order valence-corrected chi connectivity index (χ1v) is 6.42. The van der Waals surface area contributed by atoms with Crippen molar-refractivity contribution in [1.29, 1.82) is 0 Å². The molecule has 18 heavy (non-hydrogen) atoms. The monoisotopic (exact) mass is 252 g/mol. The Balaban J connectivity index is 2.04. The van der Waals surface area contributed by atoms with Crippen molar-refractivity contribution in [3.63, 3.8) is 0 Å². The molecule has 1 aromatic heterocycles. The summed E-state index contributed by atoms with van der Waals surface area (Å²) >= 11 is 0. The SMILES string of the molecule is CCC(CCO)NC(=O)c1n[nH]c(C2CC2)c1N. The molecular weight excluding hydrogens is 232 g/mol. The Labute approximate surface area is 106 Å². The number of aliphatic hydroxyl groups is 1. The minimum absolute atomic E-state index is 0.0389. The third-order valence-electron chi connectivity index (χ3n) is 3.34. The van der Waals surface area contributed by atoms with Crippen LogP contribution in [0.1, 0.15) is 54.7 Å². The summed E-state index contributed by atoms with van der Waals surface area (Å²) in [6.45, 7) is 2.02. The quantitative estimate of drug-likeness (QED) is 0.600. The second-order valence-electron chi connectivity index (χ2n) is 4.76. The third-order valence-corrected chi connectivity index (χ3v) is 3.34. The Morgan fingerprint density at radius 1 is 1.67 bits per heavy atom. The number of H-pyrrole nitrogens is 1. The van der Waals surface area contributed by atoms with Gasteiger partial charge in [-0.15, -0.1) is 0 Å². The molecule has 5 N–H and O–H groups in total. The molecule has 1 unspecified atom stereocenters. The van der Waals surface area contributed by atoms with Crippen LogP contribution in [-0.4, -0.2) is 33.9 Å². The van der Waals surface area contributed by atoms with Crippen LogP contribution in [0.25, 0.3) is 0 Å². The zero-order valence-electron chi connectivity index (χ0n) is 10.6. The van der Waals surface area contributed by atoms with E-state index in [-0.39, 0.29) is 24.2 Å². The van der Waals surface area contributed by atoms with Crippen molar-refractivity contribution in [2.75, 3.05) is 12.3 Å². The fraction of sp³-hybridized carbons (Fsp3) is 0.667. The number of anilines is 1. The summed E-state index contributed by atoms with van der Waals surface area (Å²) in [6.07, 6.45) is 3.53. The van der Waals surface area contributed by atoms with Crippen molar-refractivity contribution >= 4 is 11.6 Å². The van der Waals surface area contributed by atoms with Crippen LogP contribution in [0.2, 0.25) is 0 Å². The first-order chi connectivity index (χ1) is 8.67. The lowest BCUT2D eigenvalue weighted by Crippen LogP contribution is -2.35. The zero-order chi connectivity index (χ0) is 13.1. The average molecular weight is 252 g/mol. The topological polar surface area (TPSA) is 104 Å². The molecule has 1 aliphatic carbocycles. The van der Waals surface area contributed by atoms with Crippen LogP contribution in [0.5, 0.6) is 0 Å². The van der Waals surface area contributed by atoms with Gasteiger partial charge in [-0.3, -0.25) is 9.89 Å². The molecule has 0 aliphatic heterocycles. The number of aromatic amines is 1. The van der Waals surface area contributed by atoms with Gasteiger partial charge in [0.05, 0.1) is 11.4 Å². The van der Waals surface area contributed by atoms with Gasteiger partial charge in [0, 0.05) is 18.6 Å². The number of nitrogens with one attached hydrogen (secondary N) is 2. The average Bonchev–Trinajstić information content (AvgIpc) is 3.12. The van der Waals surface area contributed by atoms with E-state index in [0.717, 1.165) is 25.0 Å². The first kappa shape index (κ1) is 12.9. The molecule has 0 aromatic carbocycles. The number of amides is 1. The second-order valence-corrected chi connectivity index (χ2v) is 4.76. The Kier molecular flexibility index (Phi) is 3.86. The van der Waals surface area contributed by atoms with Crippen LogP contribution in [0, 0.1) is 0 Å². The van der Waals surface area contributed by atoms with E-state index < -0.39 is 0 Å². The van der Waals surface area contributed by atoms with Crippen molar-refractivity contribution in [2.45, 2.75) is 44.6 Å². The number of nitrogen functional groups attached to an aromatic ring is 1. The largest absolute Gasteiger partial charge is 0.396 e. The third kappa shape index (κ3) is 2.64. The van der Waals surface area contributed by atoms with Crippen molar-refractivity contribution in [3.05, 3.63) is 11.4 Å². The van der Waals surface area contributed by atoms with E-state index in [0.29, 0.717) is 18.0 Å². The zero-order valence-corrected chi connectivity index (χ0v) is 10.6. The predicted octanol–water partition coefficient (Wildman–Crippen LogP) is 0.760. The molecule has 1 saturated carbocycles. The highest BCUT2D eigenvalue weighted by molar-refractivity contribution is 5.97. The second kappa shape index (κ2) is 5.39. The van der Waals surface area contributed by atoms with Gasteiger partial charge in [-0.25, -0.2) is 0 Å². The van der Waals surface area contributed by atoms with Gasteiger partial charge in [0.25, 0.3) is 5.91 Å². The number of nitrogens with zero attached hydrogens (tertiary/aromatic N) is 1. The van der Waals surface area contributed by atoms with Crippen molar-refractivity contribution in [3.8, 4) is 0 Å². The molecule has 1 fully saturated rings. The Morgan fingerprint density at radius 2 is 2.39 bits per heavy atom. The molecule has 100 valence electrons. The lowest BCUT2D eigenvalue weighted by Gasteiger charge is -2.14. The fourth-order valence-corrected chi connectivity index (χ4v) is 2.01. The number of nitrogens with two attached hydrogens (primary N) is 1. The number of carbonyl (C=O) groups is 1. The summed E-state index contributed by atoms with van der Waals surface area (Å²) in [7, 11) is 0. The van der Waals surface area contributed by atoms with Crippen LogP contribution in [-0.2, 0) is 0 Å². The summed E-state index contributed by atoms with van der Waals surface area (Å²) in [5.74, 6) is 0.175. The molecule has 0 bridgehead atoms. The fourth-order valence-electron chi connectivity index (χ4n) is 2.01. The molecule has 0 radical (unpaired) electrons. The maximum atomic E-state index is 12.0. The number of rotatable bonds is 6. The standard InChI is InChI=1S/C12H20N4O2/c1-2-8(5-6-17)14-12(18)11-9(13)10(15-16-11)7-3-4-7/h7-8,17H,2-6,13H2,1H3,(H,14,18)(H,15,16). The molecule has 1 heterocycles. The molecule has 1 atom stereocenters. The van der Waals surface area contributed by atoms with Gasteiger partial charge in [-0.05, 0) is 25.7 Å². The van der Waals surface area contributed by atoms with E-state index in [4.69, 9.17) is 10.8 Å². The molecule has 6 heteroatoms. The Hall–Kier alpha value is -1.56. The van der Waals surface area contributed by atoms with E-state index in [1.54, 1.807) is 0 Å². The summed E-state index contributed by atoms with van der Waals surface area (Å²) < 4.78 is 0. The summed E-state index contributed by atoms with van der Waals surface area (Å²) in [5, 5.41) is 18.6. The van der Waals surface area contributed by atoms with Gasteiger partial charge in [-0.1, -0.05) is 6.92 Å². The molecule has 2 rings (SSSR count). The predicted molar refractivity (Wildman–Crippen MR) is 68.2 cm³/mol. The van der Waals surface area contributed by atoms with Gasteiger partial charge in [0.15, 0.2) is 5.69 Å². The normalized spacial score (nSPS) is 16.6. The van der Waals surface area contributed by atoms with Gasteiger partial charge in [0.1, 0.15) is 0 Å². The van der Waals surface area contributed by atoms with E-state index in [1.807, 2.05) is 6.92 Å². The van der Waals surface area contributed by atoms with Crippen LogP contribution in [0.15, 0.2) is 0 Å². The molecule has 1 aliphatic rings. The Bertz CT molecular complexity index is 426. The van der Waals surface area contributed by atoms with Crippen LogP contribution < -0.4 is 11.1 Å². The molecule has 1 aromatic rings. The van der Waals surface area contributed by atoms with E-state index in [2.05, 4.69) is 15.5 Å². The maximum absolute atomic E-state index is 12.0. The van der Waals surface area contributed by atoms with Crippen LogP contribution >= 0.6 is 0 Å². The van der Waals surface area contributed by atoms with Gasteiger partial charge >= 0.3 is 0 Å². The van der Waals surface area contributed by atoms with Crippen LogP contribution in [0.3, 0.4) is 0 Å². The van der Waals surface area contributed by atoms with Crippen molar-refractivity contribution in [2.24, 2.45) is 0 Å². The number of hydrogen-bond donors (Lipinski definition) is 4. The summed E-state index contributed by atoms with van der Waals surface area (Å²) in [5.41, 5.74) is 7.56. The van der Waals surface area contributed by atoms with Crippen molar-refractivity contribution < 1.29 is 9.90 Å². The van der Waals surface area contributed by atoms with E-state index >= 15 is 0 Å². The Morgan fingerprint density at radius 3 is 2.94 bits per heavy atom. The molecule has 0 saturated heterocycles. The van der Waals surface area contributed by atoms with Gasteiger partial charge in [-0.2, -0.15) is 5.10 Å². The number of aliphatic hydroxyl groups excluding tert-OH is 1. The number of hydrogen-bond acceptors (Lipinski definition) is 4. The lowest BCUT2D eigenvalue weighted by atomic mass is 10.1. The molecule has 0 spiro atoms. The van der Waals surface area contributed by atoms with E-state index in [9.17, 15) is 4.79 Å². The lowest BCUT2D eigenvalue weighted by molar-refractivity contribution is 0.0925. The summed E-state index contributed by atoms with van der Waals surface area (Å²) in [4.78, 5) is 12.0.